The van der Waals surface area contributed by atoms with Crippen LogP contribution >= 0.6 is 0 Å². The first-order valence-electron chi connectivity index (χ1n) is 15.9. The number of fused-ring (bicyclic) bond motifs is 3. The Hall–Kier alpha value is -2.76. The van der Waals surface area contributed by atoms with Gasteiger partial charge in [0.1, 0.15) is 24.2 Å². The third kappa shape index (κ3) is 10.6. The van der Waals surface area contributed by atoms with E-state index in [1.807, 2.05) is 6.08 Å². The molecule has 4 rings (SSSR count). The lowest BCUT2D eigenvalue weighted by Crippen LogP contribution is -2.61. The lowest BCUT2D eigenvalue weighted by atomic mass is 9.83. The summed E-state index contributed by atoms with van der Waals surface area (Å²) in [5, 5.41) is 63.9. The molecule has 0 aliphatic carbocycles. The molecule has 0 aromatic carbocycles. The average Bonchev–Trinajstić information content (AvgIpc) is 3.72. The summed E-state index contributed by atoms with van der Waals surface area (Å²) in [7, 11) is 0. The van der Waals surface area contributed by atoms with Gasteiger partial charge in [-0.15, -0.1) is 0 Å². The molecule has 0 saturated carbocycles. The van der Waals surface area contributed by atoms with Crippen LogP contribution in [-0.4, -0.2) is 122 Å². The molecule has 3 saturated heterocycles. The minimum atomic E-state index is -2.10. The molecule has 4 aliphatic heterocycles. The predicted molar refractivity (Wildman–Crippen MR) is 165 cm³/mol. The summed E-state index contributed by atoms with van der Waals surface area (Å²) in [6.07, 6.45) is 5.25. The van der Waals surface area contributed by atoms with Crippen molar-refractivity contribution in [2.45, 2.75) is 125 Å². The van der Waals surface area contributed by atoms with E-state index in [-0.39, 0.29) is 25.4 Å². The van der Waals surface area contributed by atoms with Crippen LogP contribution in [0.2, 0.25) is 0 Å². The maximum Gasteiger partial charge on any atom is 0.330 e. The molecule has 0 aromatic heterocycles. The molecule has 0 amide bonds. The van der Waals surface area contributed by atoms with Crippen molar-refractivity contribution in [2.75, 3.05) is 0 Å². The Morgan fingerprint density at radius 2 is 1.64 bits per heavy atom. The fraction of sp³-hybridized carbons (Fsp3) is 0.636. The van der Waals surface area contributed by atoms with Gasteiger partial charge in [-0.05, 0) is 19.9 Å². The molecule has 262 valence electrons. The van der Waals surface area contributed by atoms with E-state index in [2.05, 4.69) is 0 Å². The number of rotatable bonds is 3. The predicted octanol–water partition coefficient (Wildman–Crippen LogP) is 0.120. The molecule has 4 heterocycles. The lowest BCUT2D eigenvalue weighted by molar-refractivity contribution is -0.308. The van der Waals surface area contributed by atoms with Crippen molar-refractivity contribution in [3.63, 3.8) is 0 Å². The number of ether oxygens (including phenoxy) is 5. The van der Waals surface area contributed by atoms with Gasteiger partial charge in [0.25, 0.3) is 0 Å². The van der Waals surface area contributed by atoms with Crippen molar-refractivity contribution in [3.05, 3.63) is 60.8 Å². The van der Waals surface area contributed by atoms with Crippen molar-refractivity contribution in [3.8, 4) is 0 Å². The van der Waals surface area contributed by atoms with Crippen molar-refractivity contribution >= 4 is 11.9 Å². The van der Waals surface area contributed by atoms with Crippen LogP contribution in [-0.2, 0) is 33.3 Å². The summed E-state index contributed by atoms with van der Waals surface area (Å²) >= 11 is 0. The van der Waals surface area contributed by atoms with Gasteiger partial charge in [0.2, 0.25) is 0 Å². The third-order valence-corrected chi connectivity index (χ3v) is 8.58. The Morgan fingerprint density at radius 3 is 2.36 bits per heavy atom. The summed E-state index contributed by atoms with van der Waals surface area (Å²) in [4.78, 5) is 24.4. The summed E-state index contributed by atoms with van der Waals surface area (Å²) in [5.41, 5.74) is 5.98. The Bertz CT molecular complexity index is 1220. The number of hydrogen-bond donors (Lipinski definition) is 7. The van der Waals surface area contributed by atoms with Crippen LogP contribution in [0.5, 0.6) is 0 Å². The minimum absolute atomic E-state index is 0.0789. The highest BCUT2D eigenvalue weighted by molar-refractivity contribution is 5.82. The fourth-order valence-corrected chi connectivity index (χ4v) is 6.00. The van der Waals surface area contributed by atoms with Crippen LogP contribution in [0.4, 0.5) is 0 Å². The number of epoxide rings is 1. The molecule has 2 bridgehead atoms. The van der Waals surface area contributed by atoms with Gasteiger partial charge >= 0.3 is 11.9 Å². The first-order valence-corrected chi connectivity index (χ1v) is 15.9. The largest absolute Gasteiger partial charge is 0.481 e. The molecule has 0 spiro atoms. The average molecular weight is 666 g/mol. The molecule has 47 heavy (non-hydrogen) atoms. The summed E-state index contributed by atoms with van der Waals surface area (Å²) in [6.45, 7) is 3.34. The summed E-state index contributed by atoms with van der Waals surface area (Å²) in [6, 6.07) is -1.08. The van der Waals surface area contributed by atoms with E-state index in [0.29, 0.717) is 6.42 Å². The molecule has 14 atom stereocenters. The maximum absolute atomic E-state index is 12.3. The first kappa shape index (κ1) is 37.1. The Kier molecular flexibility index (Phi) is 13.1. The van der Waals surface area contributed by atoms with Crippen molar-refractivity contribution < 1.29 is 63.9 Å². The Morgan fingerprint density at radius 1 is 0.936 bits per heavy atom. The minimum Gasteiger partial charge on any atom is -0.481 e. The maximum atomic E-state index is 12.3. The van der Waals surface area contributed by atoms with Crippen molar-refractivity contribution in [1.82, 2.24) is 0 Å². The zero-order chi connectivity index (χ0) is 34.3. The van der Waals surface area contributed by atoms with E-state index >= 15 is 0 Å². The number of carbonyl (C=O) groups excluding carboxylic acids is 1. The number of aliphatic hydroxyl groups is 5. The molecule has 14 unspecified atom stereocenters. The molecule has 0 aromatic rings. The number of hydrogen-bond acceptors (Lipinski definition) is 13. The second-order valence-corrected chi connectivity index (χ2v) is 12.6. The highest BCUT2D eigenvalue weighted by Crippen LogP contribution is 2.39. The number of esters is 1. The number of carbonyl (C=O) groups is 2. The van der Waals surface area contributed by atoms with Gasteiger partial charge in [0.15, 0.2) is 12.1 Å². The van der Waals surface area contributed by atoms with Crippen LogP contribution < -0.4 is 5.73 Å². The second kappa shape index (κ2) is 16.6. The highest BCUT2D eigenvalue weighted by atomic mass is 16.7. The zero-order valence-electron chi connectivity index (χ0n) is 26.4. The molecule has 8 N–H and O–H groups in total. The fourth-order valence-electron chi connectivity index (χ4n) is 6.00. The van der Waals surface area contributed by atoms with Gasteiger partial charge in [-0.1, -0.05) is 48.6 Å². The van der Waals surface area contributed by atoms with Gasteiger partial charge in [-0.25, -0.2) is 4.79 Å². The standard InChI is InChI=1S/C33H47NO13/c1-18-10-8-6-4-3-5-7-9-11-21(45-32-30(39)28(34)29(38)19(2)44-32)15-25-27(31(40)41)22(36)17-33(42,47-25)16-20(35)14-24-23(46-24)12-13-26(37)43-18/h3-9,11-13,18-25,27-30,32,35-36,38-39,42H,10,14-17,34H2,1-2H3,(H,40,41)/b4-3+,7-5+,8-6-,11-9+,13-12-. The highest BCUT2D eigenvalue weighted by Gasteiger charge is 2.51. The van der Waals surface area contributed by atoms with E-state index in [1.165, 1.54) is 12.2 Å². The normalized spacial score (nSPS) is 47.2. The van der Waals surface area contributed by atoms with Gasteiger partial charge in [0, 0.05) is 38.2 Å². The van der Waals surface area contributed by atoms with Crippen molar-refractivity contribution in [2.24, 2.45) is 11.7 Å². The molecule has 14 nitrogen and oxygen atoms in total. The number of carboxylic acids is 1. The van der Waals surface area contributed by atoms with Crippen molar-refractivity contribution in [1.29, 1.82) is 0 Å². The first-order chi connectivity index (χ1) is 22.3. The van der Waals surface area contributed by atoms with Crippen LogP contribution in [0, 0.1) is 5.92 Å². The van der Waals surface area contributed by atoms with E-state index in [4.69, 9.17) is 29.4 Å². The van der Waals surface area contributed by atoms with Crippen LogP contribution in [0.25, 0.3) is 0 Å². The molecule has 3 fully saturated rings. The molecule has 0 radical (unpaired) electrons. The molecule has 4 aliphatic rings. The van der Waals surface area contributed by atoms with Crippen LogP contribution in [0.1, 0.15) is 46.0 Å². The smallest absolute Gasteiger partial charge is 0.330 e. The molecule has 14 heteroatoms. The Labute approximate surface area is 273 Å². The quantitative estimate of drug-likeness (QED) is 0.157. The van der Waals surface area contributed by atoms with E-state index in [0.717, 1.165) is 0 Å². The molecular weight excluding hydrogens is 618 g/mol. The zero-order valence-corrected chi connectivity index (χ0v) is 26.4. The number of aliphatic carboxylic acids is 1. The second-order valence-electron chi connectivity index (χ2n) is 12.6. The van der Waals surface area contributed by atoms with E-state index < -0.39 is 97.3 Å². The number of carboxylic acid groups (broad SMARTS) is 1. The number of nitrogens with two attached hydrogens (primary N) is 1. The lowest BCUT2D eigenvalue weighted by Gasteiger charge is -2.45. The van der Waals surface area contributed by atoms with Gasteiger partial charge < -0.3 is 60.1 Å². The van der Waals surface area contributed by atoms with Gasteiger partial charge in [0.05, 0.1) is 48.8 Å². The van der Waals surface area contributed by atoms with E-state index in [9.17, 15) is 40.2 Å². The number of allylic oxidation sites excluding steroid dienone is 6. The SMILES string of the molecule is CC1C\C=C/C=C/C=C/C=C/C(OC2OC(C)C(O)C(N)C2O)CC2OC(O)(CC(O)CC3OC3/C=C\C(=O)O1)CC(O)C2C(=O)O. The monoisotopic (exact) mass is 665 g/mol. The third-order valence-electron chi connectivity index (χ3n) is 8.58. The van der Waals surface area contributed by atoms with Crippen LogP contribution in [0.15, 0.2) is 60.8 Å². The van der Waals surface area contributed by atoms with Crippen LogP contribution in [0.3, 0.4) is 0 Å². The summed E-state index contributed by atoms with van der Waals surface area (Å²) in [5.74, 6) is -5.45. The Balaban J connectivity index is 1.58. The topological polar surface area (TPSA) is 231 Å². The van der Waals surface area contributed by atoms with Gasteiger partial charge in [-0.2, -0.15) is 0 Å². The number of cyclic esters (lactones) is 1. The number of aliphatic hydroxyl groups excluding tert-OH is 4. The summed E-state index contributed by atoms with van der Waals surface area (Å²) < 4.78 is 28.5. The van der Waals surface area contributed by atoms with E-state index in [1.54, 1.807) is 56.4 Å². The van der Waals surface area contributed by atoms with Gasteiger partial charge in [-0.3, -0.25) is 4.79 Å². The molecular formula is C33H47NO13.